The monoisotopic (exact) mass is 570 g/mol. The van der Waals surface area contributed by atoms with Gasteiger partial charge in [0.15, 0.2) is 8.07 Å². The lowest BCUT2D eigenvalue weighted by molar-refractivity contribution is 1.05. The number of hydrogen-bond acceptors (Lipinski definition) is 2. The highest BCUT2D eigenvalue weighted by Crippen LogP contribution is 2.32. The molecule has 208 valence electrons. The number of rotatable bonds is 7. The molecule has 0 saturated heterocycles. The molecule has 0 radical (unpaired) electrons. The molecule has 0 N–H and O–H groups in total. The van der Waals surface area contributed by atoms with Gasteiger partial charge >= 0.3 is 0 Å². The maximum atomic E-state index is 5.10. The summed E-state index contributed by atoms with van der Waals surface area (Å²) in [6.07, 6.45) is 1.78. The molecule has 0 saturated carbocycles. The van der Waals surface area contributed by atoms with Crippen LogP contribution in [0.2, 0.25) is 0 Å². The molecule has 3 heteroatoms. The highest BCUT2D eigenvalue weighted by atomic mass is 28.3. The number of aryl methyl sites for hydroxylation is 2. The highest BCUT2D eigenvalue weighted by molar-refractivity contribution is 7.19. The normalized spacial score (nSPS) is 11.7. The van der Waals surface area contributed by atoms with Gasteiger partial charge in [0.1, 0.15) is 0 Å². The van der Waals surface area contributed by atoms with E-state index in [0.29, 0.717) is 0 Å². The van der Waals surface area contributed by atoms with E-state index in [2.05, 4.69) is 159 Å². The Morgan fingerprint density at radius 3 is 1.49 bits per heavy atom. The van der Waals surface area contributed by atoms with E-state index in [4.69, 9.17) is 9.97 Å². The molecular weight excluding hydrogens is 537 g/mol. The second kappa shape index (κ2) is 11.4. The Kier molecular flexibility index (Phi) is 7.18. The zero-order chi connectivity index (χ0) is 29.2. The Labute approximate surface area is 254 Å². The molecule has 2 aromatic heterocycles. The molecule has 0 fully saturated rings. The minimum atomic E-state index is -2.56. The van der Waals surface area contributed by atoms with Crippen molar-refractivity contribution in [1.82, 2.24) is 9.97 Å². The van der Waals surface area contributed by atoms with Gasteiger partial charge in [-0.1, -0.05) is 147 Å². The summed E-state index contributed by atoms with van der Waals surface area (Å²) in [6, 6.07) is 53.6. The Hall–Kier alpha value is -4.86. The first-order valence-corrected chi connectivity index (χ1v) is 17.2. The summed E-state index contributed by atoms with van der Waals surface area (Å²) in [4.78, 5) is 10.1. The van der Waals surface area contributed by atoms with E-state index in [9.17, 15) is 0 Å². The quantitative estimate of drug-likeness (QED) is 0.118. The van der Waals surface area contributed by atoms with E-state index in [-0.39, 0.29) is 0 Å². The first kappa shape index (κ1) is 27.0. The van der Waals surface area contributed by atoms with Crippen molar-refractivity contribution in [2.45, 2.75) is 26.7 Å². The standard InChI is InChI=1S/C40H34N2Si/c1-3-31-24-20-30-23-27-37-38(28-32(4-2)42-40(37)39(30)41-31)29-21-25-36(26-22-29)43(33-14-8-5-9-15-33,34-16-10-6-11-17-34)35-18-12-7-13-19-35/h5-28H,3-4H2,1-2H3. The molecule has 2 heterocycles. The van der Waals surface area contributed by atoms with Crippen LogP contribution in [0.3, 0.4) is 0 Å². The van der Waals surface area contributed by atoms with Gasteiger partial charge in [0.25, 0.3) is 0 Å². The van der Waals surface area contributed by atoms with Crippen LogP contribution in [0, 0.1) is 0 Å². The molecule has 0 bridgehead atoms. The van der Waals surface area contributed by atoms with Crippen molar-refractivity contribution in [1.29, 1.82) is 0 Å². The molecule has 0 atom stereocenters. The Balaban J connectivity index is 1.46. The molecular formula is C40H34N2Si. The van der Waals surface area contributed by atoms with Crippen molar-refractivity contribution >= 4 is 50.6 Å². The number of nitrogens with zero attached hydrogens (tertiary/aromatic N) is 2. The van der Waals surface area contributed by atoms with E-state index in [0.717, 1.165) is 46.0 Å². The van der Waals surface area contributed by atoms with Gasteiger partial charge in [-0.3, -0.25) is 9.97 Å². The molecule has 7 rings (SSSR count). The van der Waals surface area contributed by atoms with Crippen LogP contribution in [0.1, 0.15) is 25.2 Å². The smallest absolute Gasteiger partial charge is 0.179 e. The van der Waals surface area contributed by atoms with E-state index in [1.807, 2.05) is 0 Å². The van der Waals surface area contributed by atoms with Crippen LogP contribution in [0.5, 0.6) is 0 Å². The average molecular weight is 571 g/mol. The second-order valence-corrected chi connectivity index (χ2v) is 14.9. The average Bonchev–Trinajstić information content (AvgIpc) is 3.09. The topological polar surface area (TPSA) is 25.8 Å². The third-order valence-electron chi connectivity index (χ3n) is 8.72. The number of pyridine rings is 2. The van der Waals surface area contributed by atoms with Crippen molar-refractivity contribution in [2.24, 2.45) is 0 Å². The lowest BCUT2D eigenvalue weighted by Gasteiger charge is -2.34. The summed E-state index contributed by atoms with van der Waals surface area (Å²) < 4.78 is 0. The first-order valence-electron chi connectivity index (χ1n) is 15.2. The maximum absolute atomic E-state index is 5.10. The maximum Gasteiger partial charge on any atom is 0.179 e. The van der Waals surface area contributed by atoms with Crippen molar-refractivity contribution in [3.63, 3.8) is 0 Å². The zero-order valence-electron chi connectivity index (χ0n) is 24.7. The molecule has 0 amide bonds. The van der Waals surface area contributed by atoms with E-state index in [1.165, 1.54) is 31.9 Å². The molecule has 2 nitrogen and oxygen atoms in total. The van der Waals surface area contributed by atoms with Crippen LogP contribution in [0.15, 0.2) is 146 Å². The largest absolute Gasteiger partial charge is 0.251 e. The third kappa shape index (κ3) is 4.67. The minimum absolute atomic E-state index is 0.872. The summed E-state index contributed by atoms with van der Waals surface area (Å²) in [5, 5.41) is 7.80. The summed E-state index contributed by atoms with van der Waals surface area (Å²) in [7, 11) is -2.56. The number of fused-ring (bicyclic) bond motifs is 3. The number of aromatic nitrogens is 2. The lowest BCUT2D eigenvalue weighted by Crippen LogP contribution is -2.74. The second-order valence-electron chi connectivity index (χ2n) is 11.1. The molecule has 0 aliphatic heterocycles. The van der Waals surface area contributed by atoms with Gasteiger partial charge in [0.05, 0.1) is 11.0 Å². The molecule has 0 aliphatic rings. The SMILES string of the molecule is CCc1ccc2ccc3c(-c4ccc([Si](c5ccccc5)(c5ccccc5)c5ccccc5)cc4)cc(CC)nc3c2n1. The Morgan fingerprint density at radius 1 is 0.465 bits per heavy atom. The molecule has 43 heavy (non-hydrogen) atoms. The van der Waals surface area contributed by atoms with Gasteiger partial charge in [0.2, 0.25) is 0 Å². The fourth-order valence-electron chi connectivity index (χ4n) is 6.55. The fraction of sp³-hybridized carbons (Fsp3) is 0.100. The van der Waals surface area contributed by atoms with Gasteiger partial charge in [0, 0.05) is 22.2 Å². The van der Waals surface area contributed by atoms with Crippen LogP contribution in [-0.4, -0.2) is 18.0 Å². The third-order valence-corrected chi connectivity index (χ3v) is 13.5. The predicted octanol–water partition coefficient (Wildman–Crippen LogP) is 6.95. The summed E-state index contributed by atoms with van der Waals surface area (Å²) in [6.45, 7) is 4.33. The Morgan fingerprint density at radius 2 is 0.953 bits per heavy atom. The predicted molar refractivity (Wildman–Crippen MR) is 185 cm³/mol. The highest BCUT2D eigenvalue weighted by Gasteiger charge is 2.41. The van der Waals surface area contributed by atoms with Crippen molar-refractivity contribution in [3.8, 4) is 11.1 Å². The molecule has 5 aromatic carbocycles. The van der Waals surface area contributed by atoms with Gasteiger partial charge in [-0.2, -0.15) is 0 Å². The van der Waals surface area contributed by atoms with Crippen molar-refractivity contribution < 1.29 is 0 Å². The van der Waals surface area contributed by atoms with Crippen LogP contribution in [-0.2, 0) is 12.8 Å². The van der Waals surface area contributed by atoms with Crippen molar-refractivity contribution in [3.05, 3.63) is 157 Å². The van der Waals surface area contributed by atoms with Gasteiger partial charge in [-0.25, -0.2) is 0 Å². The Bertz CT molecular complexity index is 1920. The molecule has 0 unspecified atom stereocenters. The number of benzene rings is 5. The molecule has 0 aliphatic carbocycles. The van der Waals surface area contributed by atoms with Crippen LogP contribution in [0.25, 0.3) is 32.9 Å². The summed E-state index contributed by atoms with van der Waals surface area (Å²) in [5.74, 6) is 0. The fourth-order valence-corrected chi connectivity index (χ4v) is 11.3. The summed E-state index contributed by atoms with van der Waals surface area (Å²) >= 11 is 0. The first-order chi connectivity index (χ1) is 21.2. The van der Waals surface area contributed by atoms with E-state index >= 15 is 0 Å². The number of hydrogen-bond donors (Lipinski definition) is 0. The van der Waals surface area contributed by atoms with Crippen LogP contribution < -0.4 is 20.7 Å². The van der Waals surface area contributed by atoms with Gasteiger partial charge in [-0.05, 0) is 56.8 Å². The minimum Gasteiger partial charge on any atom is -0.251 e. The molecule has 7 aromatic rings. The van der Waals surface area contributed by atoms with Gasteiger partial charge in [-0.15, -0.1) is 0 Å². The van der Waals surface area contributed by atoms with E-state index in [1.54, 1.807) is 0 Å². The lowest BCUT2D eigenvalue weighted by atomic mass is 9.98. The zero-order valence-corrected chi connectivity index (χ0v) is 25.7. The van der Waals surface area contributed by atoms with Gasteiger partial charge < -0.3 is 0 Å². The van der Waals surface area contributed by atoms with E-state index < -0.39 is 8.07 Å². The van der Waals surface area contributed by atoms with Crippen LogP contribution in [0.4, 0.5) is 0 Å². The summed E-state index contributed by atoms with van der Waals surface area (Å²) in [5.41, 5.74) is 6.59. The molecule has 0 spiro atoms. The van der Waals surface area contributed by atoms with Crippen LogP contribution >= 0.6 is 0 Å². The van der Waals surface area contributed by atoms with Crippen molar-refractivity contribution in [2.75, 3.05) is 0 Å².